The average molecular weight is 276 g/mol. The lowest BCUT2D eigenvalue weighted by atomic mass is 10.1. The summed E-state index contributed by atoms with van der Waals surface area (Å²) in [5.74, 6) is -0.267. The van der Waals surface area contributed by atoms with Crippen molar-refractivity contribution in [1.82, 2.24) is 15.4 Å². The number of amides is 1. The van der Waals surface area contributed by atoms with Crippen LogP contribution < -0.4 is 5.43 Å². The second-order valence-corrected chi connectivity index (χ2v) is 4.39. The van der Waals surface area contributed by atoms with Gasteiger partial charge in [-0.3, -0.25) is 14.8 Å². The maximum Gasteiger partial charge on any atom is 0.271 e. The van der Waals surface area contributed by atoms with Crippen molar-refractivity contribution >= 4 is 23.0 Å². The first-order valence-electron chi connectivity index (χ1n) is 6.41. The molecule has 3 rings (SSSR count). The number of carbonyl (C=O) groups is 1. The van der Waals surface area contributed by atoms with E-state index in [0.717, 1.165) is 16.5 Å². The lowest BCUT2D eigenvalue weighted by molar-refractivity contribution is 0.0955. The lowest BCUT2D eigenvalue weighted by Gasteiger charge is -2.00. The van der Waals surface area contributed by atoms with Crippen LogP contribution >= 0.6 is 0 Å². The summed E-state index contributed by atoms with van der Waals surface area (Å²) >= 11 is 0. The second-order valence-electron chi connectivity index (χ2n) is 4.39. The summed E-state index contributed by atoms with van der Waals surface area (Å²) in [6.07, 6.45) is 6.49. The third kappa shape index (κ3) is 3.09. The maximum absolute atomic E-state index is 11.8. The molecule has 0 bridgehead atoms. The molecule has 0 fully saturated rings. The van der Waals surface area contributed by atoms with E-state index >= 15 is 0 Å². The number of rotatable bonds is 3. The Morgan fingerprint density at radius 2 is 1.95 bits per heavy atom. The van der Waals surface area contributed by atoms with E-state index in [0.29, 0.717) is 5.56 Å². The van der Waals surface area contributed by atoms with Crippen molar-refractivity contribution in [3.8, 4) is 0 Å². The Labute approximate surface area is 121 Å². The number of hydrogen-bond donors (Lipinski definition) is 1. The van der Waals surface area contributed by atoms with Gasteiger partial charge in [-0.25, -0.2) is 5.43 Å². The van der Waals surface area contributed by atoms with Gasteiger partial charge in [0.1, 0.15) is 0 Å². The van der Waals surface area contributed by atoms with Gasteiger partial charge >= 0.3 is 0 Å². The molecule has 2 heterocycles. The fraction of sp³-hybridized carbons (Fsp3) is 0. The van der Waals surface area contributed by atoms with E-state index in [9.17, 15) is 4.79 Å². The number of carbonyl (C=O) groups excluding carboxylic acids is 1. The molecule has 0 radical (unpaired) electrons. The van der Waals surface area contributed by atoms with E-state index in [1.54, 1.807) is 36.9 Å². The molecule has 3 aromatic rings. The van der Waals surface area contributed by atoms with Gasteiger partial charge < -0.3 is 0 Å². The van der Waals surface area contributed by atoms with Gasteiger partial charge in [-0.2, -0.15) is 5.10 Å². The summed E-state index contributed by atoms with van der Waals surface area (Å²) in [5.41, 5.74) is 4.82. The van der Waals surface area contributed by atoms with Crippen molar-refractivity contribution in [2.24, 2.45) is 5.10 Å². The number of hydrazone groups is 1. The Morgan fingerprint density at radius 3 is 2.81 bits per heavy atom. The minimum absolute atomic E-state index is 0.267. The summed E-state index contributed by atoms with van der Waals surface area (Å²) in [6, 6.07) is 12.9. The Bertz CT molecular complexity index is 799. The highest BCUT2D eigenvalue weighted by Gasteiger charge is 2.02. The summed E-state index contributed by atoms with van der Waals surface area (Å²) in [7, 11) is 0. The highest BCUT2D eigenvalue weighted by molar-refractivity contribution is 5.95. The molecule has 0 saturated heterocycles. The SMILES string of the molecule is O=C(NN=Cc1ccc2ncccc2c1)c1ccncc1. The molecule has 0 atom stereocenters. The third-order valence-electron chi connectivity index (χ3n) is 2.95. The Hall–Kier alpha value is -3.08. The first-order chi connectivity index (χ1) is 10.3. The smallest absolute Gasteiger partial charge is 0.267 e. The second kappa shape index (κ2) is 5.92. The molecule has 0 aliphatic rings. The van der Waals surface area contributed by atoms with Crippen molar-refractivity contribution in [3.05, 3.63) is 72.2 Å². The molecule has 5 heteroatoms. The number of nitrogens with one attached hydrogen (secondary N) is 1. The normalized spacial score (nSPS) is 10.9. The number of benzene rings is 1. The summed E-state index contributed by atoms with van der Waals surface area (Å²) in [6.45, 7) is 0. The minimum atomic E-state index is -0.267. The van der Waals surface area contributed by atoms with Gasteiger partial charge in [-0.1, -0.05) is 12.1 Å². The number of aromatic nitrogens is 2. The van der Waals surface area contributed by atoms with Crippen LogP contribution in [0.3, 0.4) is 0 Å². The topological polar surface area (TPSA) is 67.2 Å². The quantitative estimate of drug-likeness (QED) is 0.590. The molecule has 21 heavy (non-hydrogen) atoms. The molecular weight excluding hydrogens is 264 g/mol. The minimum Gasteiger partial charge on any atom is -0.267 e. The van der Waals surface area contributed by atoms with Crippen molar-refractivity contribution < 1.29 is 4.79 Å². The monoisotopic (exact) mass is 276 g/mol. The molecule has 1 amide bonds. The average Bonchev–Trinajstić information content (AvgIpc) is 2.55. The van der Waals surface area contributed by atoms with E-state index in [1.165, 1.54) is 0 Å². The van der Waals surface area contributed by atoms with Gasteiger partial charge in [0.15, 0.2) is 0 Å². The first-order valence-corrected chi connectivity index (χ1v) is 6.41. The molecule has 5 nitrogen and oxygen atoms in total. The maximum atomic E-state index is 11.8. The zero-order valence-electron chi connectivity index (χ0n) is 11.1. The summed E-state index contributed by atoms with van der Waals surface area (Å²) in [4.78, 5) is 19.9. The van der Waals surface area contributed by atoms with Gasteiger partial charge in [0.2, 0.25) is 0 Å². The zero-order chi connectivity index (χ0) is 14.5. The molecule has 0 unspecified atom stereocenters. The van der Waals surface area contributed by atoms with Crippen molar-refractivity contribution in [3.63, 3.8) is 0 Å². The highest BCUT2D eigenvalue weighted by atomic mass is 16.2. The molecule has 0 aliphatic carbocycles. The van der Waals surface area contributed by atoms with E-state index in [4.69, 9.17) is 0 Å². The van der Waals surface area contributed by atoms with E-state index < -0.39 is 0 Å². The molecule has 0 saturated carbocycles. The molecule has 0 aliphatic heterocycles. The van der Waals surface area contributed by atoms with Crippen LogP contribution in [-0.4, -0.2) is 22.1 Å². The van der Waals surface area contributed by atoms with Crippen LogP contribution in [0.4, 0.5) is 0 Å². The van der Waals surface area contributed by atoms with Crippen molar-refractivity contribution in [1.29, 1.82) is 0 Å². The van der Waals surface area contributed by atoms with E-state index in [1.807, 2.05) is 30.3 Å². The van der Waals surface area contributed by atoms with Gasteiger partial charge in [-0.05, 0) is 35.9 Å². The Morgan fingerprint density at radius 1 is 1.10 bits per heavy atom. The van der Waals surface area contributed by atoms with Gasteiger partial charge in [-0.15, -0.1) is 0 Å². The fourth-order valence-electron chi connectivity index (χ4n) is 1.91. The third-order valence-corrected chi connectivity index (χ3v) is 2.95. The van der Waals surface area contributed by atoms with E-state index in [2.05, 4.69) is 20.5 Å². The predicted octanol–water partition coefficient (Wildman–Crippen LogP) is 2.39. The number of nitrogens with zero attached hydrogens (tertiary/aromatic N) is 3. The first kappa shape index (κ1) is 12.9. The summed E-state index contributed by atoms with van der Waals surface area (Å²) in [5, 5.41) is 4.99. The highest BCUT2D eigenvalue weighted by Crippen LogP contribution is 2.11. The Kier molecular flexibility index (Phi) is 3.64. The fourth-order valence-corrected chi connectivity index (χ4v) is 1.91. The van der Waals surface area contributed by atoms with Crippen LogP contribution in [0, 0.1) is 0 Å². The van der Waals surface area contributed by atoms with Crippen LogP contribution in [0.2, 0.25) is 0 Å². The lowest BCUT2D eigenvalue weighted by Crippen LogP contribution is -2.17. The molecule has 102 valence electrons. The van der Waals surface area contributed by atoms with Gasteiger partial charge in [0.05, 0.1) is 11.7 Å². The zero-order valence-corrected chi connectivity index (χ0v) is 11.1. The number of pyridine rings is 2. The molecular formula is C16H12N4O. The number of fused-ring (bicyclic) bond motifs is 1. The Balaban J connectivity index is 1.71. The van der Waals surface area contributed by atoms with Crippen LogP contribution in [0.5, 0.6) is 0 Å². The standard InChI is InChI=1S/C16H12N4O/c21-16(13-5-8-17-9-6-13)20-19-11-12-3-4-15-14(10-12)2-1-7-18-15/h1-11H,(H,20,21). The molecule has 0 spiro atoms. The molecule has 1 N–H and O–H groups in total. The molecule has 1 aromatic carbocycles. The van der Waals surface area contributed by atoms with E-state index in [-0.39, 0.29) is 5.91 Å². The van der Waals surface area contributed by atoms with Crippen molar-refractivity contribution in [2.75, 3.05) is 0 Å². The largest absolute Gasteiger partial charge is 0.271 e. The van der Waals surface area contributed by atoms with Crippen LogP contribution in [0.15, 0.2) is 66.2 Å². The van der Waals surface area contributed by atoms with Gasteiger partial charge in [0.25, 0.3) is 5.91 Å². The van der Waals surface area contributed by atoms with Crippen LogP contribution in [-0.2, 0) is 0 Å². The van der Waals surface area contributed by atoms with Crippen molar-refractivity contribution in [2.45, 2.75) is 0 Å². The van der Waals surface area contributed by atoms with Gasteiger partial charge in [0, 0.05) is 29.5 Å². The number of hydrogen-bond acceptors (Lipinski definition) is 4. The van der Waals surface area contributed by atoms with Crippen LogP contribution in [0.1, 0.15) is 15.9 Å². The predicted molar refractivity (Wildman–Crippen MR) is 81.0 cm³/mol. The summed E-state index contributed by atoms with van der Waals surface area (Å²) < 4.78 is 0. The molecule has 2 aromatic heterocycles. The van der Waals surface area contributed by atoms with Crippen LogP contribution in [0.25, 0.3) is 10.9 Å².